The molecule has 0 amide bonds. The molecule has 0 bridgehead atoms. The van der Waals surface area contributed by atoms with Gasteiger partial charge in [0, 0.05) is 44.5 Å². The third-order valence-electron chi connectivity index (χ3n) is 9.74. The lowest BCUT2D eigenvalue weighted by Crippen LogP contribution is -2.43. The number of benzene rings is 2. The lowest BCUT2D eigenvalue weighted by molar-refractivity contribution is 0.0938. The van der Waals surface area contributed by atoms with E-state index in [0.29, 0.717) is 37.0 Å². The molecule has 0 spiro atoms. The van der Waals surface area contributed by atoms with Crippen molar-refractivity contribution >= 4 is 22.5 Å². The monoisotopic (exact) mass is 691 g/mol. The third kappa shape index (κ3) is 7.15. The summed E-state index contributed by atoms with van der Waals surface area (Å²) < 4.78 is 32.4. The molecule has 51 heavy (non-hydrogen) atoms. The number of nitrogens with zero attached hydrogens (tertiary/aromatic N) is 5. The minimum absolute atomic E-state index is 0.0216. The number of imidazole rings is 1. The van der Waals surface area contributed by atoms with Crippen molar-refractivity contribution in [2.45, 2.75) is 51.6 Å². The Morgan fingerprint density at radius 1 is 0.902 bits per heavy atom. The summed E-state index contributed by atoms with van der Waals surface area (Å²) >= 11 is 0. The Bertz CT molecular complexity index is 2360. The fraction of sp³-hybridized carbons (Fsp3) is 0.308. The maximum Gasteiger partial charge on any atom is 0.337 e. The van der Waals surface area contributed by atoms with E-state index in [-0.39, 0.29) is 34.8 Å². The Morgan fingerprint density at radius 2 is 1.69 bits per heavy atom. The molecule has 0 atom stereocenters. The topological polar surface area (TPSA) is 115 Å². The van der Waals surface area contributed by atoms with Crippen LogP contribution in [0.15, 0.2) is 88.8 Å². The van der Waals surface area contributed by atoms with Gasteiger partial charge < -0.3 is 15.0 Å². The van der Waals surface area contributed by atoms with Gasteiger partial charge in [0.05, 0.1) is 17.3 Å². The first-order chi connectivity index (χ1) is 24.7. The molecule has 2 aromatic carbocycles. The van der Waals surface area contributed by atoms with E-state index in [1.54, 1.807) is 0 Å². The summed E-state index contributed by atoms with van der Waals surface area (Å²) in [6, 6.07) is 17.5. The first-order valence-electron chi connectivity index (χ1n) is 17.3. The number of aryl methyl sites for hydroxylation is 1. The molecule has 4 heterocycles. The number of Topliss-reactive ketones (excluding diaryl/α,β-unsaturated/α-hetero) is 1. The number of ketones is 1. The van der Waals surface area contributed by atoms with E-state index >= 15 is 0 Å². The second-order valence-electron chi connectivity index (χ2n) is 13.4. The number of carbonyl (C=O) groups is 1. The zero-order chi connectivity index (χ0) is 35.6. The van der Waals surface area contributed by atoms with Gasteiger partial charge in [-0.05, 0) is 98.2 Å². The Morgan fingerprint density at radius 3 is 2.45 bits per heavy atom. The number of fused-ring (bicyclic) bond motifs is 2. The normalized spacial score (nSPS) is 16.2. The van der Waals surface area contributed by atoms with Crippen molar-refractivity contribution in [3.05, 3.63) is 129 Å². The van der Waals surface area contributed by atoms with Gasteiger partial charge in [-0.1, -0.05) is 30.3 Å². The zero-order valence-corrected chi connectivity index (χ0v) is 28.5. The minimum Gasteiger partial charge on any atom is -0.318 e. The van der Waals surface area contributed by atoms with Crippen molar-refractivity contribution in [1.29, 1.82) is 0 Å². The van der Waals surface area contributed by atoms with Crippen molar-refractivity contribution in [1.82, 2.24) is 34.1 Å². The number of likely N-dealkylation sites (N-methyl/N-ethyl adjacent to an activating group) is 1. The molecular formula is C39H39F2N7O3. The molecule has 12 heteroatoms. The van der Waals surface area contributed by atoms with Crippen molar-refractivity contribution < 1.29 is 13.6 Å². The highest BCUT2D eigenvalue weighted by atomic mass is 19.1. The number of hydrogen-bond donors (Lipinski definition) is 2. The Hall–Kier alpha value is -5.33. The van der Waals surface area contributed by atoms with Crippen LogP contribution < -0.4 is 21.9 Å². The summed E-state index contributed by atoms with van der Waals surface area (Å²) in [5, 5.41) is 6.54. The van der Waals surface area contributed by atoms with Crippen molar-refractivity contribution in [2.75, 3.05) is 20.1 Å². The molecule has 1 aliphatic carbocycles. The van der Waals surface area contributed by atoms with E-state index in [1.165, 1.54) is 38.1 Å². The lowest BCUT2D eigenvalue weighted by atomic mass is 9.82. The van der Waals surface area contributed by atoms with Crippen LogP contribution in [0.4, 0.5) is 8.78 Å². The first kappa shape index (κ1) is 34.1. The largest absolute Gasteiger partial charge is 0.337 e. The van der Waals surface area contributed by atoms with Gasteiger partial charge in [-0.3, -0.25) is 14.2 Å². The summed E-state index contributed by atoms with van der Waals surface area (Å²) in [7, 11) is 1.92. The average Bonchev–Trinajstić information content (AvgIpc) is 3.55. The molecule has 1 aliphatic rings. The predicted molar refractivity (Wildman–Crippen MR) is 192 cm³/mol. The number of pyridine rings is 2. The van der Waals surface area contributed by atoms with Crippen LogP contribution in [-0.2, 0) is 6.54 Å². The molecule has 0 saturated heterocycles. The van der Waals surface area contributed by atoms with Gasteiger partial charge in [0.1, 0.15) is 23.0 Å². The van der Waals surface area contributed by atoms with Gasteiger partial charge >= 0.3 is 5.69 Å². The average molecular weight is 692 g/mol. The van der Waals surface area contributed by atoms with Crippen LogP contribution in [0.2, 0.25) is 0 Å². The summed E-state index contributed by atoms with van der Waals surface area (Å²) in [5.74, 6) is -1.20. The fourth-order valence-corrected chi connectivity index (χ4v) is 7.13. The number of aromatic nitrogens is 5. The SMILES string of the molecule is CNCCNCc1ccc(-c2cc(C)cc(-n3c(=O)n(C4CCC(CC(=O)c5cn6cc(F)ccc6n5)CC4)c(=O)c4cc(F)cnc43)c2)cc1. The van der Waals surface area contributed by atoms with E-state index in [1.807, 2.05) is 44.3 Å². The van der Waals surface area contributed by atoms with Crippen LogP contribution >= 0.6 is 0 Å². The predicted octanol–water partition coefficient (Wildman–Crippen LogP) is 5.76. The maximum absolute atomic E-state index is 14.6. The van der Waals surface area contributed by atoms with E-state index in [0.717, 1.165) is 54.2 Å². The summed E-state index contributed by atoms with van der Waals surface area (Å²) in [6.07, 6.45) is 6.29. The second-order valence-corrected chi connectivity index (χ2v) is 13.4. The van der Waals surface area contributed by atoms with E-state index < -0.39 is 28.9 Å². The molecule has 0 radical (unpaired) electrons. The van der Waals surface area contributed by atoms with Gasteiger partial charge in [-0.2, -0.15) is 0 Å². The van der Waals surface area contributed by atoms with E-state index in [2.05, 4.69) is 32.7 Å². The molecule has 4 aromatic heterocycles. The molecule has 0 aliphatic heterocycles. The lowest BCUT2D eigenvalue weighted by Gasteiger charge is -2.29. The molecule has 7 rings (SSSR count). The molecule has 2 N–H and O–H groups in total. The van der Waals surface area contributed by atoms with Crippen LogP contribution in [0.5, 0.6) is 0 Å². The van der Waals surface area contributed by atoms with Gasteiger partial charge in [0.25, 0.3) is 5.56 Å². The second kappa shape index (κ2) is 14.5. The number of rotatable bonds is 11. The summed E-state index contributed by atoms with van der Waals surface area (Å²) in [6.45, 7) is 4.42. The van der Waals surface area contributed by atoms with Gasteiger partial charge in [0.15, 0.2) is 11.4 Å². The quantitative estimate of drug-likeness (QED) is 0.131. The van der Waals surface area contributed by atoms with Crippen LogP contribution in [0.1, 0.15) is 59.8 Å². The highest BCUT2D eigenvalue weighted by Gasteiger charge is 2.29. The number of halogens is 2. The Balaban J connectivity index is 1.16. The highest BCUT2D eigenvalue weighted by Crippen LogP contribution is 2.34. The molecule has 6 aromatic rings. The first-order valence-corrected chi connectivity index (χ1v) is 17.3. The smallest absolute Gasteiger partial charge is 0.318 e. The number of hydrogen-bond acceptors (Lipinski definition) is 7. The molecule has 1 saturated carbocycles. The molecule has 1 fully saturated rings. The standard InChI is InChI=1S/C39H39F2N7O3/c1-24-15-28(27-7-3-26(4-8-27)20-43-14-13-42-2)18-32(16-24)47-37-33(19-30(41)21-44-37)38(50)48(39(47)51)31-10-5-25(6-11-31)17-35(49)34-23-46-22-29(40)9-12-36(46)45-34/h3-4,7-9,12,15-16,18-19,21-23,25,31,42-43H,5-6,10-11,13-14,17,20H2,1-2H3. The van der Waals surface area contributed by atoms with Crippen LogP contribution in [-0.4, -0.2) is 49.4 Å². The Kier molecular flexibility index (Phi) is 9.70. The minimum atomic E-state index is -0.668. The van der Waals surface area contributed by atoms with E-state index in [4.69, 9.17) is 0 Å². The molecule has 262 valence electrons. The van der Waals surface area contributed by atoms with Gasteiger partial charge in [0.2, 0.25) is 0 Å². The highest BCUT2D eigenvalue weighted by molar-refractivity contribution is 5.95. The molecular weight excluding hydrogens is 652 g/mol. The van der Waals surface area contributed by atoms with E-state index in [9.17, 15) is 23.2 Å². The van der Waals surface area contributed by atoms with Gasteiger partial charge in [-0.25, -0.2) is 28.1 Å². The third-order valence-corrected chi connectivity index (χ3v) is 9.74. The van der Waals surface area contributed by atoms with Crippen molar-refractivity contribution in [3.8, 4) is 16.8 Å². The van der Waals surface area contributed by atoms with Crippen LogP contribution in [0.3, 0.4) is 0 Å². The van der Waals surface area contributed by atoms with Crippen LogP contribution in [0.25, 0.3) is 33.5 Å². The Labute approximate surface area is 292 Å². The fourth-order valence-electron chi connectivity index (χ4n) is 7.13. The van der Waals surface area contributed by atoms with Crippen LogP contribution in [0, 0.1) is 24.5 Å². The zero-order valence-electron chi connectivity index (χ0n) is 28.5. The maximum atomic E-state index is 14.6. The number of carbonyl (C=O) groups excluding carboxylic acids is 1. The van der Waals surface area contributed by atoms with Crippen molar-refractivity contribution in [3.63, 3.8) is 0 Å². The number of nitrogens with one attached hydrogen (secondary N) is 2. The van der Waals surface area contributed by atoms with Gasteiger partial charge in [-0.15, -0.1) is 0 Å². The summed E-state index contributed by atoms with van der Waals surface area (Å²) in [4.78, 5) is 50.0. The molecule has 0 unspecified atom stereocenters. The summed E-state index contributed by atoms with van der Waals surface area (Å²) in [5.41, 5.74) is 4.17. The molecule has 10 nitrogen and oxygen atoms in total. The van der Waals surface area contributed by atoms with Crippen molar-refractivity contribution in [2.24, 2.45) is 5.92 Å².